The van der Waals surface area contributed by atoms with Gasteiger partial charge in [0.15, 0.2) is 0 Å². The number of nitrogens with zero attached hydrogens (tertiary/aromatic N) is 2. The van der Waals surface area contributed by atoms with Crippen LogP contribution in [0.25, 0.3) is 10.9 Å². The van der Waals surface area contributed by atoms with Gasteiger partial charge in [-0.25, -0.2) is 0 Å². The van der Waals surface area contributed by atoms with E-state index in [2.05, 4.69) is 4.98 Å². The summed E-state index contributed by atoms with van der Waals surface area (Å²) in [6, 6.07) is 7.55. The van der Waals surface area contributed by atoms with Gasteiger partial charge in [-0.15, -0.1) is 0 Å². The van der Waals surface area contributed by atoms with Crippen molar-refractivity contribution in [2.24, 2.45) is 5.92 Å². The molecule has 0 amide bonds. The van der Waals surface area contributed by atoms with Gasteiger partial charge in [-0.2, -0.15) is 0 Å². The molecule has 0 saturated heterocycles. The second kappa shape index (κ2) is 6.09. The Kier molecular flexibility index (Phi) is 4.45. The molecule has 1 aromatic carbocycles. The number of benzene rings is 1. The highest BCUT2D eigenvalue weighted by Gasteiger charge is 2.17. The molecule has 2 aromatic rings. The summed E-state index contributed by atoms with van der Waals surface area (Å²) in [6.07, 6.45) is 1.74. The van der Waals surface area contributed by atoms with Crippen LogP contribution in [0.2, 0.25) is 5.02 Å². The average Bonchev–Trinajstić information content (AvgIpc) is 2.45. The van der Waals surface area contributed by atoms with Crippen LogP contribution in [0.3, 0.4) is 0 Å². The zero-order chi connectivity index (χ0) is 14.7. The van der Waals surface area contributed by atoms with E-state index in [9.17, 15) is 4.79 Å². The predicted octanol–water partition coefficient (Wildman–Crippen LogP) is 3.13. The lowest BCUT2D eigenvalue weighted by molar-refractivity contribution is -0.144. The number of hydrogen-bond donors (Lipinski definition) is 0. The number of hydrogen-bond acceptors (Lipinski definition) is 4. The van der Waals surface area contributed by atoms with Gasteiger partial charge in [-0.3, -0.25) is 9.78 Å². The number of methoxy groups -OCH3 is 1. The van der Waals surface area contributed by atoms with Crippen LogP contribution in [0.4, 0.5) is 5.69 Å². The zero-order valence-corrected chi connectivity index (χ0v) is 12.5. The van der Waals surface area contributed by atoms with Gasteiger partial charge in [0.25, 0.3) is 0 Å². The van der Waals surface area contributed by atoms with Crippen LogP contribution in [0.5, 0.6) is 0 Å². The van der Waals surface area contributed by atoms with Crippen LogP contribution in [0.15, 0.2) is 30.5 Å². The van der Waals surface area contributed by atoms with E-state index >= 15 is 0 Å². The molecular weight excluding hydrogens is 276 g/mol. The normalized spacial score (nSPS) is 12.2. The van der Waals surface area contributed by atoms with Gasteiger partial charge in [0.1, 0.15) is 0 Å². The van der Waals surface area contributed by atoms with Gasteiger partial charge in [0.2, 0.25) is 0 Å². The summed E-state index contributed by atoms with van der Waals surface area (Å²) in [5, 5.41) is 1.67. The van der Waals surface area contributed by atoms with Gasteiger partial charge in [-0.05, 0) is 24.3 Å². The van der Waals surface area contributed by atoms with E-state index in [1.54, 1.807) is 6.20 Å². The number of esters is 1. The van der Waals surface area contributed by atoms with Crippen LogP contribution in [-0.4, -0.2) is 31.7 Å². The molecule has 2 rings (SSSR count). The lowest BCUT2D eigenvalue weighted by Crippen LogP contribution is -2.29. The molecule has 20 heavy (non-hydrogen) atoms. The molecule has 1 atom stereocenters. The molecule has 1 heterocycles. The van der Waals surface area contributed by atoms with Crippen molar-refractivity contribution in [1.29, 1.82) is 0 Å². The fraction of sp³-hybridized carbons (Fsp3) is 0.333. The van der Waals surface area contributed by atoms with Crippen molar-refractivity contribution in [3.63, 3.8) is 0 Å². The van der Waals surface area contributed by atoms with Gasteiger partial charge in [-0.1, -0.05) is 18.5 Å². The molecule has 0 aliphatic rings. The van der Waals surface area contributed by atoms with Crippen molar-refractivity contribution in [3.05, 3.63) is 35.5 Å². The summed E-state index contributed by atoms with van der Waals surface area (Å²) < 4.78 is 4.76. The predicted molar refractivity (Wildman–Crippen MR) is 81.2 cm³/mol. The van der Waals surface area contributed by atoms with Gasteiger partial charge >= 0.3 is 5.97 Å². The first-order valence-electron chi connectivity index (χ1n) is 6.36. The van der Waals surface area contributed by atoms with Crippen molar-refractivity contribution < 1.29 is 9.53 Å². The Bertz CT molecular complexity index is 630. The summed E-state index contributed by atoms with van der Waals surface area (Å²) in [4.78, 5) is 17.8. The third-order valence-electron chi connectivity index (χ3n) is 3.24. The van der Waals surface area contributed by atoms with E-state index in [4.69, 9.17) is 16.3 Å². The molecule has 1 unspecified atom stereocenters. The first kappa shape index (κ1) is 14.6. The Morgan fingerprint density at radius 3 is 2.90 bits per heavy atom. The fourth-order valence-corrected chi connectivity index (χ4v) is 2.39. The Balaban J connectivity index is 2.30. The number of aromatic nitrogens is 1. The molecule has 0 aliphatic heterocycles. The Labute approximate surface area is 123 Å². The highest BCUT2D eigenvalue weighted by atomic mass is 35.5. The average molecular weight is 293 g/mol. The summed E-state index contributed by atoms with van der Waals surface area (Å²) in [7, 11) is 3.35. The molecular formula is C15H17ClN2O2. The van der Waals surface area contributed by atoms with Crippen LogP contribution in [0, 0.1) is 5.92 Å². The lowest BCUT2D eigenvalue weighted by atomic mass is 10.1. The quantitative estimate of drug-likeness (QED) is 0.812. The molecule has 5 heteroatoms. The number of rotatable bonds is 4. The van der Waals surface area contributed by atoms with Crippen LogP contribution in [-0.2, 0) is 9.53 Å². The van der Waals surface area contributed by atoms with E-state index in [0.717, 1.165) is 16.6 Å². The number of pyridine rings is 1. The number of fused-ring (bicyclic) bond motifs is 1. The molecule has 106 valence electrons. The largest absolute Gasteiger partial charge is 0.469 e. The summed E-state index contributed by atoms with van der Waals surface area (Å²) in [5.41, 5.74) is 1.86. The van der Waals surface area contributed by atoms with Crippen molar-refractivity contribution in [2.75, 3.05) is 25.6 Å². The van der Waals surface area contributed by atoms with E-state index < -0.39 is 0 Å². The van der Waals surface area contributed by atoms with Gasteiger partial charge < -0.3 is 9.64 Å². The van der Waals surface area contributed by atoms with E-state index in [1.807, 2.05) is 43.1 Å². The maximum Gasteiger partial charge on any atom is 0.310 e. The highest BCUT2D eigenvalue weighted by molar-refractivity contribution is 6.31. The summed E-state index contributed by atoms with van der Waals surface area (Å²) in [6.45, 7) is 2.43. The number of halogens is 1. The van der Waals surface area contributed by atoms with Crippen molar-refractivity contribution in [3.8, 4) is 0 Å². The molecule has 0 aliphatic carbocycles. The minimum absolute atomic E-state index is 0.194. The van der Waals surface area contributed by atoms with E-state index in [-0.39, 0.29) is 11.9 Å². The zero-order valence-electron chi connectivity index (χ0n) is 11.8. The van der Waals surface area contributed by atoms with Crippen LogP contribution >= 0.6 is 11.6 Å². The summed E-state index contributed by atoms with van der Waals surface area (Å²) in [5.74, 6) is -0.404. The minimum atomic E-state index is -0.210. The number of carbonyl (C=O) groups is 1. The van der Waals surface area contributed by atoms with Crippen LogP contribution in [0.1, 0.15) is 6.92 Å². The molecule has 0 N–H and O–H groups in total. The van der Waals surface area contributed by atoms with Gasteiger partial charge in [0.05, 0.1) is 18.5 Å². The SMILES string of the molecule is COC(=O)C(C)CN(C)c1ccnc2cc(Cl)ccc12. The second-order valence-corrected chi connectivity index (χ2v) is 5.23. The molecule has 0 spiro atoms. The van der Waals surface area contributed by atoms with E-state index in [1.165, 1.54) is 7.11 Å². The fourth-order valence-electron chi connectivity index (χ4n) is 2.22. The highest BCUT2D eigenvalue weighted by Crippen LogP contribution is 2.27. The first-order chi connectivity index (χ1) is 9.52. The van der Waals surface area contributed by atoms with Gasteiger partial charge in [0, 0.05) is 35.9 Å². The smallest absolute Gasteiger partial charge is 0.310 e. The van der Waals surface area contributed by atoms with Crippen molar-refractivity contribution in [2.45, 2.75) is 6.92 Å². The number of anilines is 1. The maximum absolute atomic E-state index is 11.5. The molecule has 0 fully saturated rings. The van der Waals surface area contributed by atoms with E-state index in [0.29, 0.717) is 11.6 Å². The maximum atomic E-state index is 11.5. The molecule has 4 nitrogen and oxygen atoms in total. The lowest BCUT2D eigenvalue weighted by Gasteiger charge is -2.23. The monoisotopic (exact) mass is 292 g/mol. The van der Waals surface area contributed by atoms with Crippen molar-refractivity contribution >= 4 is 34.2 Å². The Morgan fingerprint density at radius 2 is 2.20 bits per heavy atom. The second-order valence-electron chi connectivity index (χ2n) is 4.80. The summed E-state index contributed by atoms with van der Waals surface area (Å²) >= 11 is 5.98. The third-order valence-corrected chi connectivity index (χ3v) is 3.48. The topological polar surface area (TPSA) is 42.4 Å². The number of carbonyl (C=O) groups excluding carboxylic acids is 1. The minimum Gasteiger partial charge on any atom is -0.469 e. The third kappa shape index (κ3) is 3.02. The Hall–Kier alpha value is -1.81. The molecule has 0 saturated carbocycles. The molecule has 0 bridgehead atoms. The standard InChI is InChI=1S/C15H17ClN2O2/c1-10(15(19)20-3)9-18(2)14-6-7-17-13-8-11(16)4-5-12(13)14/h4-8,10H,9H2,1-3H3. The number of ether oxygens (including phenoxy) is 1. The first-order valence-corrected chi connectivity index (χ1v) is 6.74. The molecule has 1 aromatic heterocycles. The Morgan fingerprint density at radius 1 is 1.45 bits per heavy atom. The van der Waals surface area contributed by atoms with Crippen molar-refractivity contribution in [1.82, 2.24) is 4.98 Å². The molecule has 0 radical (unpaired) electrons. The van der Waals surface area contributed by atoms with Crippen LogP contribution < -0.4 is 4.90 Å².